The lowest BCUT2D eigenvalue weighted by Gasteiger charge is -2.43. The maximum Gasteiger partial charge on any atom is 0.192 e. The largest absolute Gasteiger partial charge is 0.493 e. The Bertz CT molecular complexity index is 765. The van der Waals surface area contributed by atoms with Gasteiger partial charge in [0, 0.05) is 4.48 Å². The summed E-state index contributed by atoms with van der Waals surface area (Å²) in [6.07, 6.45) is 2.26. The quantitative estimate of drug-likeness (QED) is 0.358. The molecule has 170 valence electrons. The van der Waals surface area contributed by atoms with Crippen molar-refractivity contribution in [1.29, 1.82) is 0 Å². The van der Waals surface area contributed by atoms with Gasteiger partial charge in [-0.3, -0.25) is 0 Å². The Labute approximate surface area is 192 Å². The molecular weight excluding hydrogens is 460 g/mol. The number of hydrogen-bond acceptors (Lipinski definition) is 4. The van der Waals surface area contributed by atoms with Crippen LogP contribution in [0.15, 0.2) is 28.3 Å². The first-order valence-corrected chi connectivity index (χ1v) is 14.4. The van der Waals surface area contributed by atoms with Crippen molar-refractivity contribution in [3.05, 3.63) is 33.8 Å². The minimum Gasteiger partial charge on any atom is -0.493 e. The molecule has 0 saturated carbocycles. The topological polar surface area (TPSA) is 36.9 Å². The van der Waals surface area contributed by atoms with Crippen LogP contribution in [0.3, 0.4) is 0 Å². The van der Waals surface area contributed by atoms with Crippen molar-refractivity contribution >= 4 is 24.2 Å². The Morgan fingerprint density at radius 3 is 2.27 bits per heavy atom. The molecule has 0 aliphatic heterocycles. The molecule has 1 atom stereocenters. The summed E-state index contributed by atoms with van der Waals surface area (Å²) in [4.78, 5) is 0. The van der Waals surface area contributed by atoms with E-state index < -0.39 is 8.32 Å². The lowest BCUT2D eigenvalue weighted by atomic mass is 9.75. The SMILES string of the molecule is COc1ccc(COCC2=C(Br)[C@H](O[Si](C)(C)C(C)(C)C)CCC2(C)C)cc1OC. The zero-order valence-electron chi connectivity index (χ0n) is 20.1. The van der Waals surface area contributed by atoms with E-state index in [0.29, 0.717) is 13.2 Å². The molecule has 0 amide bonds. The van der Waals surface area contributed by atoms with Gasteiger partial charge in [-0.05, 0) is 59.7 Å². The molecule has 0 aromatic heterocycles. The Balaban J connectivity index is 2.13. The third-order valence-corrected chi connectivity index (χ3v) is 12.1. The van der Waals surface area contributed by atoms with E-state index in [9.17, 15) is 0 Å². The lowest BCUT2D eigenvalue weighted by Crippen LogP contribution is -2.45. The predicted octanol–water partition coefficient (Wildman–Crippen LogP) is 7.08. The molecule has 1 aliphatic rings. The monoisotopic (exact) mass is 498 g/mol. The zero-order chi connectivity index (χ0) is 22.7. The van der Waals surface area contributed by atoms with Gasteiger partial charge in [-0.1, -0.05) is 56.6 Å². The summed E-state index contributed by atoms with van der Waals surface area (Å²) in [7, 11) is 1.45. The molecule has 30 heavy (non-hydrogen) atoms. The fourth-order valence-corrected chi connectivity index (χ4v) is 5.88. The van der Waals surface area contributed by atoms with Crippen LogP contribution in [-0.4, -0.2) is 35.2 Å². The number of ether oxygens (including phenoxy) is 3. The van der Waals surface area contributed by atoms with Crippen LogP contribution in [-0.2, 0) is 15.8 Å². The van der Waals surface area contributed by atoms with Gasteiger partial charge in [-0.25, -0.2) is 0 Å². The number of methoxy groups -OCH3 is 2. The van der Waals surface area contributed by atoms with Crippen molar-refractivity contribution in [2.75, 3.05) is 20.8 Å². The summed E-state index contributed by atoms with van der Waals surface area (Å²) in [6.45, 7) is 17.2. The van der Waals surface area contributed by atoms with Crippen LogP contribution in [0, 0.1) is 5.41 Å². The summed E-state index contributed by atoms with van der Waals surface area (Å²) in [5.41, 5.74) is 2.45. The standard InChI is InChI=1S/C24H39BrO4Si/c1-23(2,3)30(8,9)29-20-12-13-24(4,5)18(22(20)25)16-28-15-17-10-11-19(26-6)21(14-17)27-7/h10-11,14,20H,12-13,15-16H2,1-9H3/t20-/m1/s1. The molecule has 0 radical (unpaired) electrons. The molecule has 0 saturated heterocycles. The van der Waals surface area contributed by atoms with Crippen molar-refractivity contribution in [3.8, 4) is 11.5 Å². The highest BCUT2D eigenvalue weighted by Crippen LogP contribution is 2.46. The molecule has 1 aliphatic carbocycles. The van der Waals surface area contributed by atoms with E-state index in [2.05, 4.69) is 63.6 Å². The van der Waals surface area contributed by atoms with Crippen LogP contribution in [0.5, 0.6) is 11.5 Å². The van der Waals surface area contributed by atoms with Gasteiger partial charge < -0.3 is 18.6 Å². The normalized spacial score (nSPS) is 19.7. The molecule has 0 bridgehead atoms. The molecular formula is C24H39BrO4Si. The number of rotatable bonds is 8. The maximum absolute atomic E-state index is 6.75. The van der Waals surface area contributed by atoms with Gasteiger partial charge in [0.1, 0.15) is 0 Å². The van der Waals surface area contributed by atoms with Crippen molar-refractivity contribution in [2.45, 2.75) is 78.3 Å². The van der Waals surface area contributed by atoms with Crippen molar-refractivity contribution in [3.63, 3.8) is 0 Å². The van der Waals surface area contributed by atoms with Gasteiger partial charge in [0.05, 0.1) is 33.5 Å². The van der Waals surface area contributed by atoms with Gasteiger partial charge in [-0.15, -0.1) is 0 Å². The van der Waals surface area contributed by atoms with Crippen molar-refractivity contribution in [1.82, 2.24) is 0 Å². The highest BCUT2D eigenvalue weighted by atomic mass is 79.9. The van der Waals surface area contributed by atoms with Crippen LogP contribution in [0.25, 0.3) is 0 Å². The zero-order valence-corrected chi connectivity index (χ0v) is 22.7. The van der Waals surface area contributed by atoms with E-state index in [1.807, 2.05) is 18.2 Å². The van der Waals surface area contributed by atoms with Gasteiger partial charge >= 0.3 is 0 Å². The summed E-state index contributed by atoms with van der Waals surface area (Å²) >= 11 is 3.90. The second-order valence-corrected chi connectivity index (χ2v) is 15.9. The molecule has 0 heterocycles. The minimum atomic E-state index is -1.84. The van der Waals surface area contributed by atoms with E-state index in [-0.39, 0.29) is 16.6 Å². The van der Waals surface area contributed by atoms with Crippen molar-refractivity contribution < 1.29 is 18.6 Å². The molecule has 0 unspecified atom stereocenters. The molecule has 1 aromatic carbocycles. The fourth-order valence-electron chi connectivity index (χ4n) is 3.44. The Kier molecular flexibility index (Phi) is 8.28. The Morgan fingerprint density at radius 1 is 1.07 bits per heavy atom. The van der Waals surface area contributed by atoms with Crippen LogP contribution in [0.2, 0.25) is 18.1 Å². The Hall–Kier alpha value is -0.823. The van der Waals surface area contributed by atoms with Crippen LogP contribution in [0.4, 0.5) is 0 Å². The summed E-state index contributed by atoms with van der Waals surface area (Å²) in [6, 6.07) is 5.90. The average Bonchev–Trinajstić information content (AvgIpc) is 2.65. The molecule has 4 nitrogen and oxygen atoms in total. The van der Waals surface area contributed by atoms with Crippen LogP contribution < -0.4 is 9.47 Å². The van der Waals surface area contributed by atoms with Gasteiger partial charge in [0.15, 0.2) is 19.8 Å². The molecule has 0 fully saturated rings. The first kappa shape index (κ1) is 25.4. The van der Waals surface area contributed by atoms with E-state index in [4.69, 9.17) is 18.6 Å². The number of halogens is 1. The molecule has 0 N–H and O–H groups in total. The smallest absolute Gasteiger partial charge is 0.192 e. The molecule has 2 rings (SSSR count). The van der Waals surface area contributed by atoms with E-state index in [0.717, 1.165) is 29.9 Å². The first-order valence-electron chi connectivity index (χ1n) is 10.7. The van der Waals surface area contributed by atoms with Gasteiger partial charge in [0.25, 0.3) is 0 Å². The second-order valence-electron chi connectivity index (χ2n) is 10.3. The van der Waals surface area contributed by atoms with Gasteiger partial charge in [-0.2, -0.15) is 0 Å². The minimum absolute atomic E-state index is 0.0870. The predicted molar refractivity (Wildman–Crippen MR) is 130 cm³/mol. The molecule has 1 aromatic rings. The summed E-state index contributed by atoms with van der Waals surface area (Å²) in [5.74, 6) is 1.45. The number of hydrogen-bond donors (Lipinski definition) is 0. The maximum atomic E-state index is 6.75. The number of benzene rings is 1. The van der Waals surface area contributed by atoms with E-state index in [1.165, 1.54) is 10.1 Å². The highest BCUT2D eigenvalue weighted by molar-refractivity contribution is 9.11. The second kappa shape index (κ2) is 9.76. The van der Waals surface area contributed by atoms with Crippen LogP contribution in [0.1, 0.15) is 53.0 Å². The lowest BCUT2D eigenvalue weighted by molar-refractivity contribution is 0.112. The summed E-state index contributed by atoms with van der Waals surface area (Å²) < 4.78 is 24.8. The summed E-state index contributed by atoms with van der Waals surface area (Å²) in [5, 5.41) is 0.192. The first-order chi connectivity index (χ1) is 13.8. The molecule has 0 spiro atoms. The van der Waals surface area contributed by atoms with Crippen molar-refractivity contribution in [2.24, 2.45) is 5.41 Å². The van der Waals surface area contributed by atoms with Crippen LogP contribution >= 0.6 is 15.9 Å². The average molecular weight is 500 g/mol. The van der Waals surface area contributed by atoms with E-state index in [1.54, 1.807) is 14.2 Å². The third kappa shape index (κ3) is 5.90. The fraction of sp³-hybridized carbons (Fsp3) is 0.667. The van der Waals surface area contributed by atoms with E-state index >= 15 is 0 Å². The third-order valence-electron chi connectivity index (χ3n) is 6.63. The Morgan fingerprint density at radius 2 is 1.70 bits per heavy atom. The van der Waals surface area contributed by atoms with Gasteiger partial charge in [0.2, 0.25) is 0 Å². The molecule has 6 heteroatoms. The highest BCUT2D eigenvalue weighted by Gasteiger charge is 2.42.